The second kappa shape index (κ2) is 5.76. The summed E-state index contributed by atoms with van der Waals surface area (Å²) in [6.07, 6.45) is 5.05. The molecule has 1 heterocycles. The predicted octanol–water partition coefficient (Wildman–Crippen LogP) is 3.01. The van der Waals surface area contributed by atoms with E-state index in [9.17, 15) is 0 Å². The van der Waals surface area contributed by atoms with Gasteiger partial charge in [-0.3, -0.25) is 0 Å². The number of rotatable bonds is 4. The molecule has 0 bridgehead atoms. The van der Waals surface area contributed by atoms with Crippen LogP contribution in [0.3, 0.4) is 0 Å². The van der Waals surface area contributed by atoms with Crippen molar-refractivity contribution in [2.45, 2.75) is 45.0 Å². The number of ether oxygens (including phenoxy) is 1. The normalized spacial score (nSPS) is 26.3. The zero-order chi connectivity index (χ0) is 8.81. The van der Waals surface area contributed by atoms with Gasteiger partial charge in [0.05, 0.1) is 5.44 Å². The van der Waals surface area contributed by atoms with Gasteiger partial charge in [0.15, 0.2) is 0 Å². The van der Waals surface area contributed by atoms with Crippen molar-refractivity contribution < 1.29 is 4.74 Å². The first-order valence-electron chi connectivity index (χ1n) is 5.02. The molecule has 0 spiro atoms. The largest absolute Gasteiger partial charge is 0.368 e. The van der Waals surface area contributed by atoms with E-state index in [1.54, 1.807) is 0 Å². The topological polar surface area (TPSA) is 9.23 Å². The van der Waals surface area contributed by atoms with Gasteiger partial charge in [-0.1, -0.05) is 19.2 Å². The van der Waals surface area contributed by atoms with Crippen molar-refractivity contribution in [1.82, 2.24) is 0 Å². The molecular formula is C10H20OS. The summed E-state index contributed by atoms with van der Waals surface area (Å²) in [7, 11) is 0.453. The highest BCUT2D eigenvalue weighted by atomic mass is 32.2. The fourth-order valence-electron chi connectivity index (χ4n) is 1.56. The van der Waals surface area contributed by atoms with Gasteiger partial charge in [-0.2, -0.15) is 10.5 Å². The van der Waals surface area contributed by atoms with Crippen LogP contribution in [-0.4, -0.2) is 23.2 Å². The Bertz CT molecular complexity index is 148. The van der Waals surface area contributed by atoms with E-state index in [1.807, 2.05) is 0 Å². The van der Waals surface area contributed by atoms with E-state index in [2.05, 4.69) is 19.2 Å². The second-order valence-electron chi connectivity index (χ2n) is 3.19. The van der Waals surface area contributed by atoms with Crippen molar-refractivity contribution in [3.05, 3.63) is 0 Å². The van der Waals surface area contributed by atoms with Crippen LogP contribution in [0.2, 0.25) is 0 Å². The van der Waals surface area contributed by atoms with Crippen molar-refractivity contribution >= 4 is 15.9 Å². The van der Waals surface area contributed by atoms with Gasteiger partial charge in [0.1, 0.15) is 0 Å². The molecule has 2 atom stereocenters. The predicted molar refractivity (Wildman–Crippen MR) is 58.1 cm³/mol. The second-order valence-corrected chi connectivity index (χ2v) is 5.40. The minimum atomic E-state index is 0.453. The van der Waals surface area contributed by atoms with Crippen molar-refractivity contribution in [2.24, 2.45) is 0 Å². The summed E-state index contributed by atoms with van der Waals surface area (Å²) in [4.78, 5) is 0. The van der Waals surface area contributed by atoms with Gasteiger partial charge in [0.25, 0.3) is 0 Å². The molecule has 0 N–H and O–H groups in total. The van der Waals surface area contributed by atoms with Crippen LogP contribution in [0, 0.1) is 0 Å². The fourth-order valence-corrected chi connectivity index (χ4v) is 3.84. The van der Waals surface area contributed by atoms with Gasteiger partial charge < -0.3 is 4.74 Å². The third kappa shape index (κ3) is 2.91. The minimum absolute atomic E-state index is 0.453. The van der Waals surface area contributed by atoms with Crippen molar-refractivity contribution in [3.8, 4) is 0 Å². The van der Waals surface area contributed by atoms with Crippen LogP contribution in [0.25, 0.3) is 0 Å². The maximum absolute atomic E-state index is 5.70. The summed E-state index contributed by atoms with van der Waals surface area (Å²) in [5.41, 5.74) is 0.574. The van der Waals surface area contributed by atoms with Crippen LogP contribution in [0.5, 0.6) is 0 Å². The molecule has 2 unspecified atom stereocenters. The molecule has 0 amide bonds. The molecular weight excluding hydrogens is 168 g/mol. The van der Waals surface area contributed by atoms with Crippen molar-refractivity contribution in [1.29, 1.82) is 0 Å². The van der Waals surface area contributed by atoms with E-state index in [1.165, 1.54) is 31.4 Å². The first-order valence-corrected chi connectivity index (χ1v) is 6.54. The first-order chi connectivity index (χ1) is 5.88. The Labute approximate surface area is 78.4 Å². The first kappa shape index (κ1) is 10.3. The minimum Gasteiger partial charge on any atom is -0.368 e. The Morgan fingerprint density at radius 2 is 2.33 bits per heavy atom. The molecule has 1 aliphatic heterocycles. The fraction of sp³-hybridized carbons (Fsp3) is 0.900. The van der Waals surface area contributed by atoms with Gasteiger partial charge in [-0.05, 0) is 31.4 Å². The van der Waals surface area contributed by atoms with Crippen LogP contribution in [0.1, 0.15) is 39.5 Å². The summed E-state index contributed by atoms with van der Waals surface area (Å²) in [5.74, 6) is 1.33. The van der Waals surface area contributed by atoms with Gasteiger partial charge in [0.2, 0.25) is 0 Å². The molecule has 1 nitrogen and oxygen atoms in total. The lowest BCUT2D eigenvalue weighted by atomic mass is 10.4. The SMILES string of the molecule is CCC=S(CCC)C1CCCO1. The molecule has 1 aliphatic rings. The van der Waals surface area contributed by atoms with Gasteiger partial charge in [0, 0.05) is 6.61 Å². The van der Waals surface area contributed by atoms with E-state index in [4.69, 9.17) is 4.74 Å². The van der Waals surface area contributed by atoms with Crippen molar-refractivity contribution in [2.75, 3.05) is 12.4 Å². The average molecular weight is 188 g/mol. The molecule has 72 valence electrons. The van der Waals surface area contributed by atoms with E-state index in [0.717, 1.165) is 6.61 Å². The van der Waals surface area contributed by atoms with Crippen LogP contribution >= 0.6 is 10.5 Å². The summed E-state index contributed by atoms with van der Waals surface area (Å²) in [5, 5.41) is 2.46. The number of hydrogen-bond acceptors (Lipinski definition) is 1. The Balaban J connectivity index is 2.45. The van der Waals surface area contributed by atoms with Gasteiger partial charge >= 0.3 is 0 Å². The lowest BCUT2D eigenvalue weighted by Gasteiger charge is -2.15. The Hall–Kier alpha value is 0.180. The molecule has 1 saturated heterocycles. The highest BCUT2D eigenvalue weighted by Gasteiger charge is 2.17. The monoisotopic (exact) mass is 188 g/mol. The Kier molecular flexibility index (Phi) is 4.93. The highest BCUT2D eigenvalue weighted by Crippen LogP contribution is 2.30. The molecule has 0 aliphatic carbocycles. The molecule has 0 saturated carbocycles. The summed E-state index contributed by atoms with van der Waals surface area (Å²) >= 11 is 0. The lowest BCUT2D eigenvalue weighted by molar-refractivity contribution is 0.173. The molecule has 2 heteroatoms. The van der Waals surface area contributed by atoms with Crippen LogP contribution in [-0.2, 0) is 4.74 Å². The summed E-state index contributed by atoms with van der Waals surface area (Å²) < 4.78 is 5.70. The van der Waals surface area contributed by atoms with Crippen molar-refractivity contribution in [3.63, 3.8) is 0 Å². The smallest absolute Gasteiger partial charge is 0.0979 e. The lowest BCUT2D eigenvalue weighted by Crippen LogP contribution is -2.04. The average Bonchev–Trinajstić information content (AvgIpc) is 2.56. The van der Waals surface area contributed by atoms with Crippen LogP contribution < -0.4 is 0 Å². The molecule has 1 rings (SSSR count). The maximum Gasteiger partial charge on any atom is 0.0979 e. The number of hydrogen-bond donors (Lipinski definition) is 0. The molecule has 1 fully saturated rings. The van der Waals surface area contributed by atoms with E-state index < -0.39 is 0 Å². The zero-order valence-corrected chi connectivity index (χ0v) is 9.03. The zero-order valence-electron chi connectivity index (χ0n) is 8.21. The van der Waals surface area contributed by atoms with E-state index in [-0.39, 0.29) is 0 Å². The summed E-state index contributed by atoms with van der Waals surface area (Å²) in [6, 6.07) is 0. The Morgan fingerprint density at radius 3 is 2.83 bits per heavy atom. The molecule has 12 heavy (non-hydrogen) atoms. The standard InChI is InChI=1S/C10H20OS/c1-3-8-12(9-4-2)10-6-5-7-11-10/h8,10H,3-7,9H2,1-2H3. The quantitative estimate of drug-likeness (QED) is 0.616. The Morgan fingerprint density at radius 1 is 1.50 bits per heavy atom. The van der Waals surface area contributed by atoms with Crippen LogP contribution in [0.15, 0.2) is 0 Å². The van der Waals surface area contributed by atoms with Gasteiger partial charge in [-0.15, -0.1) is 0 Å². The molecule has 0 aromatic rings. The van der Waals surface area contributed by atoms with E-state index >= 15 is 0 Å². The maximum atomic E-state index is 5.70. The molecule has 0 aromatic heterocycles. The summed E-state index contributed by atoms with van der Waals surface area (Å²) in [6.45, 7) is 5.48. The van der Waals surface area contributed by atoms with Gasteiger partial charge in [-0.25, -0.2) is 0 Å². The van der Waals surface area contributed by atoms with E-state index in [0.29, 0.717) is 15.9 Å². The molecule has 0 radical (unpaired) electrons. The molecule has 0 aromatic carbocycles. The third-order valence-corrected chi connectivity index (χ3v) is 4.73. The van der Waals surface area contributed by atoms with Crippen LogP contribution in [0.4, 0.5) is 0 Å². The third-order valence-electron chi connectivity index (χ3n) is 2.05. The highest BCUT2D eigenvalue weighted by molar-refractivity contribution is 8.15.